The lowest BCUT2D eigenvalue weighted by Gasteiger charge is -2.33. The van der Waals surface area contributed by atoms with Crippen LogP contribution in [0, 0.1) is 6.92 Å². The maximum absolute atomic E-state index is 4.15. The van der Waals surface area contributed by atoms with Crippen LogP contribution < -0.4 is 5.32 Å². The fourth-order valence-corrected chi connectivity index (χ4v) is 2.68. The molecule has 0 saturated carbocycles. The van der Waals surface area contributed by atoms with Crippen molar-refractivity contribution >= 4 is 11.3 Å². The Morgan fingerprint density at radius 2 is 1.89 bits per heavy atom. The molecule has 0 radical (unpaired) electrons. The third-order valence-corrected chi connectivity index (χ3v) is 4.57. The van der Waals surface area contributed by atoms with E-state index in [1.165, 1.54) is 5.56 Å². The van der Waals surface area contributed by atoms with E-state index in [4.69, 9.17) is 0 Å². The molecule has 0 fully saturated rings. The average Bonchev–Trinajstić information content (AvgIpc) is 2.82. The quantitative estimate of drug-likeness (QED) is 0.910. The van der Waals surface area contributed by atoms with Gasteiger partial charge in [-0.1, -0.05) is 44.2 Å². The zero-order valence-corrected chi connectivity index (χ0v) is 12.8. The molecule has 0 saturated heterocycles. The maximum Gasteiger partial charge on any atom is 0.131 e. The van der Waals surface area contributed by atoms with Gasteiger partial charge in [0.25, 0.3) is 0 Å². The highest BCUT2D eigenvalue weighted by Crippen LogP contribution is 2.27. The first-order valence-corrected chi connectivity index (χ1v) is 7.39. The molecule has 1 aromatic heterocycles. The molecule has 3 nitrogen and oxygen atoms in total. The van der Waals surface area contributed by atoms with Crippen molar-refractivity contribution in [3.8, 4) is 0 Å². The zero-order valence-electron chi connectivity index (χ0n) is 12.0. The van der Waals surface area contributed by atoms with E-state index < -0.39 is 0 Å². The number of rotatable bonds is 5. The minimum atomic E-state index is 0.0843. The number of hydrogen-bond donors (Lipinski definition) is 1. The normalized spacial score (nSPS) is 13.5. The van der Waals surface area contributed by atoms with E-state index in [9.17, 15) is 0 Å². The Morgan fingerprint density at radius 1 is 1.21 bits per heavy atom. The van der Waals surface area contributed by atoms with Crippen LogP contribution in [0.5, 0.6) is 0 Å². The summed E-state index contributed by atoms with van der Waals surface area (Å²) >= 11 is 1.65. The molecule has 0 aliphatic heterocycles. The average molecular weight is 275 g/mol. The molecule has 1 heterocycles. The standard InChI is InChI=1S/C15H21N3S/c1-11(16-10-14-18-17-12(2)19-14)15(3,4)13-8-6-5-7-9-13/h5-9,11,16H,10H2,1-4H3/t11-/m0/s1. The summed E-state index contributed by atoms with van der Waals surface area (Å²) in [5, 5.41) is 13.8. The second-order valence-electron chi connectivity index (χ2n) is 5.41. The molecule has 1 aromatic carbocycles. The molecule has 0 amide bonds. The highest BCUT2D eigenvalue weighted by atomic mass is 32.1. The van der Waals surface area contributed by atoms with Gasteiger partial charge in [0.2, 0.25) is 0 Å². The molecule has 0 aliphatic rings. The third kappa shape index (κ3) is 3.39. The monoisotopic (exact) mass is 275 g/mol. The Balaban J connectivity index is 2.01. The summed E-state index contributed by atoms with van der Waals surface area (Å²) in [5.74, 6) is 0. The van der Waals surface area contributed by atoms with E-state index in [1.807, 2.05) is 6.92 Å². The second-order valence-corrected chi connectivity index (χ2v) is 6.67. The third-order valence-electron chi connectivity index (χ3n) is 3.73. The van der Waals surface area contributed by atoms with Gasteiger partial charge in [-0.2, -0.15) is 0 Å². The van der Waals surface area contributed by atoms with Crippen LogP contribution in [0.3, 0.4) is 0 Å². The molecular formula is C15H21N3S. The highest BCUT2D eigenvalue weighted by Gasteiger charge is 2.27. The number of nitrogens with one attached hydrogen (secondary N) is 1. The van der Waals surface area contributed by atoms with Crippen LogP contribution in [0.1, 0.15) is 36.3 Å². The SMILES string of the molecule is Cc1nnc(CN[C@@H](C)C(C)(C)c2ccccc2)s1. The summed E-state index contributed by atoms with van der Waals surface area (Å²) in [4.78, 5) is 0. The summed E-state index contributed by atoms with van der Waals surface area (Å²) in [6.45, 7) is 9.53. The Hall–Kier alpha value is -1.26. The number of nitrogens with zero attached hydrogens (tertiary/aromatic N) is 2. The molecule has 1 N–H and O–H groups in total. The van der Waals surface area contributed by atoms with Crippen molar-refractivity contribution < 1.29 is 0 Å². The van der Waals surface area contributed by atoms with E-state index in [0.717, 1.165) is 16.6 Å². The molecule has 2 rings (SSSR count). The lowest BCUT2D eigenvalue weighted by molar-refractivity contribution is 0.360. The minimum absolute atomic E-state index is 0.0843. The second kappa shape index (κ2) is 5.80. The lowest BCUT2D eigenvalue weighted by Crippen LogP contribution is -2.42. The van der Waals surface area contributed by atoms with Gasteiger partial charge in [-0.3, -0.25) is 0 Å². The van der Waals surface area contributed by atoms with Crippen molar-refractivity contribution in [3.63, 3.8) is 0 Å². The van der Waals surface area contributed by atoms with Crippen molar-refractivity contribution in [1.29, 1.82) is 0 Å². The first kappa shape index (κ1) is 14.2. The minimum Gasteiger partial charge on any atom is -0.307 e. The van der Waals surface area contributed by atoms with Crippen LogP contribution in [0.25, 0.3) is 0 Å². The number of benzene rings is 1. The zero-order chi connectivity index (χ0) is 13.9. The van der Waals surface area contributed by atoms with Crippen molar-refractivity contribution in [2.24, 2.45) is 0 Å². The van der Waals surface area contributed by atoms with Gasteiger partial charge < -0.3 is 5.32 Å². The predicted octanol–water partition coefficient (Wildman–Crippen LogP) is 3.30. The number of aryl methyl sites for hydroxylation is 1. The molecule has 0 bridgehead atoms. The fraction of sp³-hybridized carbons (Fsp3) is 0.467. The van der Waals surface area contributed by atoms with Gasteiger partial charge in [-0.15, -0.1) is 21.5 Å². The number of aromatic nitrogens is 2. The van der Waals surface area contributed by atoms with E-state index in [2.05, 4.69) is 66.6 Å². The van der Waals surface area contributed by atoms with Crippen LogP contribution in [-0.4, -0.2) is 16.2 Å². The highest BCUT2D eigenvalue weighted by molar-refractivity contribution is 7.11. The molecule has 19 heavy (non-hydrogen) atoms. The van der Waals surface area contributed by atoms with Crippen LogP contribution in [0.4, 0.5) is 0 Å². The summed E-state index contributed by atoms with van der Waals surface area (Å²) in [5.41, 5.74) is 1.43. The van der Waals surface area contributed by atoms with E-state index in [1.54, 1.807) is 11.3 Å². The first-order valence-electron chi connectivity index (χ1n) is 6.58. The molecule has 4 heteroatoms. The fourth-order valence-electron chi connectivity index (χ4n) is 2.02. The molecule has 0 aliphatic carbocycles. The molecule has 0 unspecified atom stereocenters. The van der Waals surface area contributed by atoms with Gasteiger partial charge in [0.1, 0.15) is 10.0 Å². The van der Waals surface area contributed by atoms with Gasteiger partial charge in [0.05, 0.1) is 0 Å². The summed E-state index contributed by atoms with van der Waals surface area (Å²) in [6, 6.07) is 11.0. The van der Waals surface area contributed by atoms with E-state index in [0.29, 0.717) is 6.04 Å². The van der Waals surface area contributed by atoms with Crippen molar-refractivity contribution in [2.45, 2.75) is 45.7 Å². The topological polar surface area (TPSA) is 37.8 Å². The van der Waals surface area contributed by atoms with Crippen LogP contribution >= 0.6 is 11.3 Å². The Kier molecular flexibility index (Phi) is 4.32. The molecule has 2 aromatic rings. The van der Waals surface area contributed by atoms with Gasteiger partial charge >= 0.3 is 0 Å². The smallest absolute Gasteiger partial charge is 0.131 e. The number of hydrogen-bond acceptors (Lipinski definition) is 4. The summed E-state index contributed by atoms with van der Waals surface area (Å²) < 4.78 is 0. The maximum atomic E-state index is 4.15. The molecule has 1 atom stereocenters. The van der Waals surface area contributed by atoms with Crippen LogP contribution in [0.15, 0.2) is 30.3 Å². The Morgan fingerprint density at radius 3 is 2.47 bits per heavy atom. The Bertz CT molecular complexity index is 519. The van der Waals surface area contributed by atoms with Gasteiger partial charge in [-0.25, -0.2) is 0 Å². The molecular weight excluding hydrogens is 254 g/mol. The van der Waals surface area contributed by atoms with Crippen molar-refractivity contribution in [2.75, 3.05) is 0 Å². The van der Waals surface area contributed by atoms with Gasteiger partial charge in [0, 0.05) is 18.0 Å². The van der Waals surface area contributed by atoms with E-state index in [-0.39, 0.29) is 5.41 Å². The Labute approximate surface area is 119 Å². The molecule has 0 spiro atoms. The van der Waals surface area contributed by atoms with Gasteiger partial charge in [0.15, 0.2) is 0 Å². The predicted molar refractivity (Wildman–Crippen MR) is 80.4 cm³/mol. The first-order chi connectivity index (χ1) is 9.00. The van der Waals surface area contributed by atoms with E-state index >= 15 is 0 Å². The summed E-state index contributed by atoms with van der Waals surface area (Å²) in [7, 11) is 0. The lowest BCUT2D eigenvalue weighted by atomic mass is 9.78. The van der Waals surface area contributed by atoms with Crippen molar-refractivity contribution in [3.05, 3.63) is 45.9 Å². The largest absolute Gasteiger partial charge is 0.307 e. The molecule has 102 valence electrons. The summed E-state index contributed by atoms with van der Waals surface area (Å²) in [6.07, 6.45) is 0. The van der Waals surface area contributed by atoms with Crippen molar-refractivity contribution in [1.82, 2.24) is 15.5 Å². The van der Waals surface area contributed by atoms with Crippen LogP contribution in [0.2, 0.25) is 0 Å². The van der Waals surface area contributed by atoms with Crippen LogP contribution in [-0.2, 0) is 12.0 Å². The van der Waals surface area contributed by atoms with Gasteiger partial charge in [-0.05, 0) is 19.4 Å².